The monoisotopic (exact) mass is 795 g/mol. The van der Waals surface area contributed by atoms with Crippen molar-refractivity contribution >= 4 is 51.0 Å². The molecule has 0 fully saturated rings. The minimum absolute atomic E-state index is 0.243. The Morgan fingerprint density at radius 1 is 0.714 bits per heavy atom. The lowest BCUT2D eigenvalue weighted by atomic mass is 9.89. The average molecular weight is 796 g/mol. The minimum Gasteiger partial charge on any atom is -0.497 e. The first-order valence-corrected chi connectivity index (χ1v) is 22.6. The number of nitrogens with zero attached hydrogens (tertiary/aromatic N) is 1. The first-order chi connectivity index (χ1) is 26.7. The highest BCUT2D eigenvalue weighted by Crippen LogP contribution is 2.39. The van der Waals surface area contributed by atoms with Crippen molar-refractivity contribution in [1.82, 2.24) is 0 Å². The second-order valence-electron chi connectivity index (χ2n) is 15.5. The van der Waals surface area contributed by atoms with Crippen LogP contribution in [0.5, 0.6) is 11.5 Å². The molecule has 0 aliphatic carbocycles. The highest BCUT2D eigenvalue weighted by Gasteiger charge is 2.26. The van der Waals surface area contributed by atoms with Gasteiger partial charge in [0.25, 0.3) is 0 Å². The van der Waals surface area contributed by atoms with Gasteiger partial charge < -0.3 is 24.0 Å². The number of anilines is 1. The normalized spacial score (nSPS) is 14.4. The largest absolute Gasteiger partial charge is 0.497 e. The average Bonchev–Trinajstić information content (AvgIpc) is 3.20. The van der Waals surface area contributed by atoms with Crippen molar-refractivity contribution in [2.45, 2.75) is 82.9 Å². The number of aryl methyl sites for hydroxylation is 1. The quantitative estimate of drug-likeness (QED) is 0.0507. The number of methoxy groups -OCH3 is 2. The van der Waals surface area contributed by atoms with E-state index in [1.54, 1.807) is 14.2 Å². The summed E-state index contributed by atoms with van der Waals surface area (Å²) in [5.41, 5.74) is 6.79. The van der Waals surface area contributed by atoms with E-state index in [1.165, 1.54) is 43.3 Å². The Kier molecular flexibility index (Phi) is 18.6. The van der Waals surface area contributed by atoms with Crippen LogP contribution in [0.2, 0.25) is 0 Å². The molecule has 4 aromatic carbocycles. The van der Waals surface area contributed by atoms with E-state index < -0.39 is 0 Å². The number of allylic oxidation sites excluding steroid dienone is 2. The van der Waals surface area contributed by atoms with Gasteiger partial charge in [0.15, 0.2) is 0 Å². The van der Waals surface area contributed by atoms with Crippen LogP contribution in [0.15, 0.2) is 107 Å². The number of carbonyl (C=O) groups excluding carboxylic acids is 2. The Balaban J connectivity index is 0.000000301. The van der Waals surface area contributed by atoms with E-state index in [2.05, 4.69) is 118 Å². The lowest BCUT2D eigenvalue weighted by Crippen LogP contribution is -2.22. The molecule has 0 radical (unpaired) electrons. The van der Waals surface area contributed by atoms with Gasteiger partial charge in [0.05, 0.1) is 14.2 Å². The second kappa shape index (κ2) is 22.5. The molecule has 0 bridgehead atoms. The van der Waals surface area contributed by atoms with Crippen LogP contribution in [0.1, 0.15) is 81.2 Å². The zero-order chi connectivity index (χ0) is 41.3. The molecule has 7 heteroatoms. The maximum absolute atomic E-state index is 11.8. The van der Waals surface area contributed by atoms with Gasteiger partial charge in [-0.25, -0.2) is 0 Å². The molecule has 4 unspecified atom stereocenters. The zero-order valence-corrected chi connectivity index (χ0v) is 37.0. The first-order valence-electron chi connectivity index (χ1n) is 19.4. The van der Waals surface area contributed by atoms with E-state index in [9.17, 15) is 9.59 Å². The maximum Gasteiger partial charge on any atom is 0.126 e. The van der Waals surface area contributed by atoms with Crippen LogP contribution >= 0.6 is 21.0 Å². The molecular weight excluding hydrogens is 731 g/mol. The van der Waals surface area contributed by atoms with Gasteiger partial charge in [-0.15, -0.1) is 0 Å². The molecule has 0 heterocycles. The van der Waals surface area contributed by atoms with Crippen molar-refractivity contribution < 1.29 is 19.1 Å². The summed E-state index contributed by atoms with van der Waals surface area (Å²) in [4.78, 5) is 28.2. The summed E-state index contributed by atoms with van der Waals surface area (Å²) in [5, 5.41) is 0. The molecule has 0 saturated carbocycles. The van der Waals surface area contributed by atoms with Gasteiger partial charge in [0, 0.05) is 51.9 Å². The number of aldehydes is 2. The molecule has 0 aliphatic heterocycles. The van der Waals surface area contributed by atoms with E-state index in [1.807, 2.05) is 44.2 Å². The molecule has 0 N–H and O–H groups in total. The van der Waals surface area contributed by atoms with Gasteiger partial charge >= 0.3 is 0 Å². The highest BCUT2D eigenvalue weighted by molar-refractivity contribution is 8.14. The van der Waals surface area contributed by atoms with Crippen LogP contribution in [0.4, 0.5) is 5.69 Å². The predicted molar refractivity (Wildman–Crippen MR) is 247 cm³/mol. The summed E-state index contributed by atoms with van der Waals surface area (Å²) in [6.07, 6.45) is 11.9. The fourth-order valence-corrected chi connectivity index (χ4v) is 10.4. The van der Waals surface area contributed by atoms with Crippen molar-refractivity contribution in [3.05, 3.63) is 125 Å². The molecule has 0 aliphatic rings. The molecule has 4 atom stereocenters. The summed E-state index contributed by atoms with van der Waals surface area (Å²) < 4.78 is 10.5. The van der Waals surface area contributed by atoms with Gasteiger partial charge in [-0.1, -0.05) is 99.5 Å². The molecule has 0 spiro atoms. The molecule has 56 heavy (non-hydrogen) atoms. The second-order valence-corrected chi connectivity index (χ2v) is 19.0. The lowest BCUT2D eigenvalue weighted by molar-refractivity contribution is -0.115. The van der Waals surface area contributed by atoms with Crippen molar-refractivity contribution in [3.63, 3.8) is 0 Å². The predicted octanol–water partition coefficient (Wildman–Crippen LogP) is 11.6. The third-order valence-electron chi connectivity index (χ3n) is 10.0. The summed E-state index contributed by atoms with van der Waals surface area (Å²) in [7, 11) is 7.00. The molecule has 0 saturated heterocycles. The van der Waals surface area contributed by atoms with Gasteiger partial charge in [-0.05, 0) is 110 Å². The number of rotatable bonds is 20. The Bertz CT molecular complexity index is 1930. The standard InChI is InChI=1S/C25H35NO2S.C24H30O2S/c1-7-8-15-25(2,18-27)19-29(6)24-14-11-22(26(3)4)17-21(24)16-20-9-12-23(28-5)13-10-20;1-6-7-14-24(3,17-25)18-27(5)23-13-8-19(2)15-21(23)16-20-9-11-22(26-4)12-10-20/h9-14,17-18H,6-8,15-16,19H2,1-5H3;6-13,15,17H,5,14,16,18H2,1-4H3. The molecule has 4 rings (SSSR count). The zero-order valence-electron chi connectivity index (χ0n) is 35.4. The van der Waals surface area contributed by atoms with E-state index in [0.29, 0.717) is 0 Å². The van der Waals surface area contributed by atoms with Crippen LogP contribution in [0.25, 0.3) is 0 Å². The maximum atomic E-state index is 11.8. The van der Waals surface area contributed by atoms with Crippen molar-refractivity contribution in [2.24, 2.45) is 10.8 Å². The van der Waals surface area contributed by atoms with Crippen molar-refractivity contribution in [1.29, 1.82) is 0 Å². The lowest BCUT2D eigenvalue weighted by Gasteiger charge is -2.26. The molecule has 4 aromatic rings. The number of ether oxygens (including phenoxy) is 2. The van der Waals surface area contributed by atoms with Crippen LogP contribution in [-0.2, 0) is 22.4 Å². The Labute approximate surface area is 343 Å². The molecule has 5 nitrogen and oxygen atoms in total. The number of hydrogen-bond acceptors (Lipinski definition) is 5. The summed E-state index contributed by atoms with van der Waals surface area (Å²) in [5.74, 6) is 12.2. The number of carbonyl (C=O) groups is 2. The fourth-order valence-electron chi connectivity index (χ4n) is 6.54. The Hall–Kier alpha value is -4.20. The number of unbranched alkanes of at least 4 members (excludes halogenated alkanes) is 1. The van der Waals surface area contributed by atoms with E-state index in [-0.39, 0.29) is 31.8 Å². The van der Waals surface area contributed by atoms with Crippen molar-refractivity contribution in [3.8, 4) is 11.5 Å². The van der Waals surface area contributed by atoms with E-state index in [0.717, 1.165) is 74.1 Å². The van der Waals surface area contributed by atoms with Crippen molar-refractivity contribution in [2.75, 3.05) is 44.7 Å². The van der Waals surface area contributed by atoms with E-state index in [4.69, 9.17) is 9.47 Å². The van der Waals surface area contributed by atoms with Crippen LogP contribution in [-0.4, -0.2) is 64.1 Å². The Morgan fingerprint density at radius 3 is 1.64 bits per heavy atom. The SMILES string of the molecule is C=S(CC(C)(C=O)CC=CC)c1ccc(C)cc1Cc1ccc(OC)cc1.C=S(CC(C)(C=O)CCCC)c1ccc(N(C)C)cc1Cc1ccc(OC)cc1. The number of benzene rings is 4. The topological polar surface area (TPSA) is 55.8 Å². The number of hydrogen-bond donors (Lipinski definition) is 0. The summed E-state index contributed by atoms with van der Waals surface area (Å²) in [6.45, 7) is 10.4. The van der Waals surface area contributed by atoms with Crippen LogP contribution in [0, 0.1) is 17.8 Å². The fraction of sp³-hybridized carbons (Fsp3) is 0.388. The summed E-state index contributed by atoms with van der Waals surface area (Å²) >= 11 is 0. The van der Waals surface area contributed by atoms with Crippen LogP contribution < -0.4 is 14.4 Å². The van der Waals surface area contributed by atoms with Gasteiger partial charge in [-0.2, -0.15) is 21.0 Å². The summed E-state index contributed by atoms with van der Waals surface area (Å²) in [6, 6.07) is 29.6. The van der Waals surface area contributed by atoms with E-state index >= 15 is 0 Å². The van der Waals surface area contributed by atoms with Gasteiger partial charge in [0.1, 0.15) is 24.1 Å². The van der Waals surface area contributed by atoms with Crippen LogP contribution in [0.3, 0.4) is 0 Å². The minimum atomic E-state index is -0.375. The highest BCUT2D eigenvalue weighted by atomic mass is 32.2. The van der Waals surface area contributed by atoms with Gasteiger partial charge in [-0.3, -0.25) is 0 Å². The third kappa shape index (κ3) is 14.1. The first kappa shape index (κ1) is 46.2. The Morgan fingerprint density at radius 2 is 1.20 bits per heavy atom. The molecule has 0 aromatic heterocycles. The smallest absolute Gasteiger partial charge is 0.126 e. The molecular formula is C49H65NO4S2. The van der Waals surface area contributed by atoms with Gasteiger partial charge in [0.2, 0.25) is 0 Å². The third-order valence-corrected chi connectivity index (χ3v) is 14.1. The molecule has 0 amide bonds. The molecule has 302 valence electrons.